The van der Waals surface area contributed by atoms with E-state index < -0.39 is 0 Å². The molecular formula is C16H25ClN2. The minimum atomic E-state index is 0.223. The first-order valence-corrected chi connectivity index (χ1v) is 7.81. The lowest BCUT2D eigenvalue weighted by molar-refractivity contribution is 0.314. The molecule has 0 bridgehead atoms. The molecule has 1 saturated carbocycles. The van der Waals surface area contributed by atoms with E-state index in [9.17, 15) is 0 Å². The Morgan fingerprint density at radius 3 is 2.74 bits per heavy atom. The quantitative estimate of drug-likeness (QED) is 0.615. The smallest absolute Gasteiger partial charge is 0.0463 e. The molecular weight excluding hydrogens is 256 g/mol. The van der Waals surface area contributed by atoms with Crippen LogP contribution in [0.2, 0.25) is 5.02 Å². The molecule has 2 rings (SSSR count). The number of benzene rings is 1. The van der Waals surface area contributed by atoms with Crippen LogP contribution in [-0.4, -0.2) is 0 Å². The van der Waals surface area contributed by atoms with Gasteiger partial charge >= 0.3 is 0 Å². The summed E-state index contributed by atoms with van der Waals surface area (Å²) in [7, 11) is 0. The van der Waals surface area contributed by atoms with Crippen molar-refractivity contribution in [2.24, 2.45) is 11.8 Å². The summed E-state index contributed by atoms with van der Waals surface area (Å²) < 4.78 is 0. The number of hydrogen-bond donors (Lipinski definition) is 2. The normalized spacial score (nSPS) is 18.5. The molecule has 1 aromatic rings. The largest absolute Gasteiger partial charge is 0.271 e. The van der Waals surface area contributed by atoms with Gasteiger partial charge in [-0.05, 0) is 42.9 Å². The number of halogens is 1. The Hall–Kier alpha value is -0.570. The van der Waals surface area contributed by atoms with E-state index >= 15 is 0 Å². The van der Waals surface area contributed by atoms with Gasteiger partial charge in [-0.25, -0.2) is 0 Å². The van der Waals surface area contributed by atoms with Crippen molar-refractivity contribution in [3.63, 3.8) is 0 Å². The van der Waals surface area contributed by atoms with Gasteiger partial charge in [0.15, 0.2) is 0 Å². The minimum Gasteiger partial charge on any atom is -0.271 e. The molecule has 0 aliphatic heterocycles. The summed E-state index contributed by atoms with van der Waals surface area (Å²) in [5.74, 6) is 6.64. The van der Waals surface area contributed by atoms with Crippen molar-refractivity contribution in [3.8, 4) is 0 Å². The van der Waals surface area contributed by atoms with Crippen molar-refractivity contribution >= 4 is 11.6 Å². The molecule has 1 fully saturated rings. The number of hydrogen-bond acceptors (Lipinski definition) is 2. The van der Waals surface area contributed by atoms with Crippen molar-refractivity contribution in [3.05, 3.63) is 34.3 Å². The second kappa shape index (κ2) is 7.28. The van der Waals surface area contributed by atoms with E-state index in [1.807, 2.05) is 12.1 Å². The number of rotatable bonds is 5. The van der Waals surface area contributed by atoms with Crippen LogP contribution in [0.25, 0.3) is 0 Å². The molecule has 2 nitrogen and oxygen atoms in total. The van der Waals surface area contributed by atoms with Gasteiger partial charge in [-0.2, -0.15) is 0 Å². The van der Waals surface area contributed by atoms with Crippen LogP contribution < -0.4 is 11.3 Å². The molecule has 1 aromatic carbocycles. The lowest BCUT2D eigenvalue weighted by atomic mass is 9.84. The van der Waals surface area contributed by atoms with E-state index in [1.54, 1.807) is 0 Å². The molecule has 0 radical (unpaired) electrons. The predicted octanol–water partition coefficient (Wildman–Crippen LogP) is 4.51. The van der Waals surface area contributed by atoms with Crippen LogP contribution in [-0.2, 0) is 0 Å². The zero-order chi connectivity index (χ0) is 13.7. The molecule has 1 atom stereocenters. The van der Waals surface area contributed by atoms with Crippen molar-refractivity contribution in [1.82, 2.24) is 5.43 Å². The molecule has 3 N–H and O–H groups in total. The predicted molar refractivity (Wildman–Crippen MR) is 82.1 cm³/mol. The van der Waals surface area contributed by atoms with Crippen LogP contribution in [0.4, 0.5) is 0 Å². The Bertz CT molecular complexity index is 400. The lowest BCUT2D eigenvalue weighted by Gasteiger charge is -2.25. The highest BCUT2D eigenvalue weighted by atomic mass is 35.5. The summed E-state index contributed by atoms with van der Waals surface area (Å²) in [5, 5.41) is 0.829. The molecule has 1 aliphatic rings. The fourth-order valence-electron chi connectivity index (χ4n) is 3.21. The standard InChI is InChI=1S/C16H25ClN2/c1-12-14(8-5-9-15(12)17)16(19-18)11-10-13-6-3-2-4-7-13/h5,8-9,13,16,19H,2-4,6-7,10-11,18H2,1H3. The van der Waals surface area contributed by atoms with Crippen LogP contribution in [0.15, 0.2) is 18.2 Å². The van der Waals surface area contributed by atoms with Gasteiger partial charge in [-0.15, -0.1) is 0 Å². The fraction of sp³-hybridized carbons (Fsp3) is 0.625. The molecule has 19 heavy (non-hydrogen) atoms. The maximum absolute atomic E-state index is 6.20. The summed E-state index contributed by atoms with van der Waals surface area (Å²) in [6.45, 7) is 2.07. The van der Waals surface area contributed by atoms with Crippen molar-refractivity contribution in [2.75, 3.05) is 0 Å². The Balaban J connectivity index is 1.97. The summed E-state index contributed by atoms with van der Waals surface area (Å²) in [6, 6.07) is 6.30. The number of hydrazine groups is 1. The summed E-state index contributed by atoms with van der Waals surface area (Å²) in [5.41, 5.74) is 5.36. The molecule has 0 saturated heterocycles. The van der Waals surface area contributed by atoms with Gasteiger partial charge in [0, 0.05) is 11.1 Å². The highest BCUT2D eigenvalue weighted by Gasteiger charge is 2.18. The minimum absolute atomic E-state index is 0.223. The van der Waals surface area contributed by atoms with Crippen LogP contribution in [0, 0.1) is 12.8 Å². The summed E-state index contributed by atoms with van der Waals surface area (Å²) in [6.07, 6.45) is 9.38. The van der Waals surface area contributed by atoms with E-state index in [1.165, 1.54) is 44.1 Å². The maximum atomic E-state index is 6.20. The highest BCUT2D eigenvalue weighted by molar-refractivity contribution is 6.31. The van der Waals surface area contributed by atoms with Gasteiger partial charge < -0.3 is 0 Å². The van der Waals surface area contributed by atoms with E-state index in [4.69, 9.17) is 17.4 Å². The van der Waals surface area contributed by atoms with Crippen LogP contribution in [0.1, 0.15) is 62.1 Å². The third-order valence-electron chi connectivity index (χ3n) is 4.47. The summed E-state index contributed by atoms with van der Waals surface area (Å²) >= 11 is 6.20. The number of nitrogens with two attached hydrogens (primary N) is 1. The first kappa shape index (κ1) is 14.8. The van der Waals surface area contributed by atoms with Gasteiger partial charge in [-0.3, -0.25) is 11.3 Å². The van der Waals surface area contributed by atoms with Crippen molar-refractivity contribution < 1.29 is 0 Å². The van der Waals surface area contributed by atoms with Gasteiger partial charge in [0.25, 0.3) is 0 Å². The molecule has 0 spiro atoms. The Morgan fingerprint density at radius 2 is 2.05 bits per heavy atom. The lowest BCUT2D eigenvalue weighted by Crippen LogP contribution is -2.29. The van der Waals surface area contributed by atoms with Crippen molar-refractivity contribution in [2.45, 2.75) is 57.9 Å². The zero-order valence-electron chi connectivity index (χ0n) is 11.8. The van der Waals surface area contributed by atoms with Crippen LogP contribution >= 0.6 is 11.6 Å². The van der Waals surface area contributed by atoms with E-state index in [-0.39, 0.29) is 6.04 Å². The molecule has 0 amide bonds. The van der Waals surface area contributed by atoms with E-state index in [0.717, 1.165) is 22.9 Å². The second-order valence-corrected chi connectivity index (χ2v) is 6.16. The first-order chi connectivity index (χ1) is 9.22. The zero-order valence-corrected chi connectivity index (χ0v) is 12.5. The third-order valence-corrected chi connectivity index (χ3v) is 4.88. The molecule has 1 unspecified atom stereocenters. The Morgan fingerprint density at radius 1 is 1.32 bits per heavy atom. The Kier molecular flexibility index (Phi) is 5.68. The summed E-state index contributed by atoms with van der Waals surface area (Å²) in [4.78, 5) is 0. The third kappa shape index (κ3) is 3.95. The Labute approximate surface area is 121 Å². The van der Waals surface area contributed by atoms with Crippen molar-refractivity contribution in [1.29, 1.82) is 0 Å². The van der Waals surface area contributed by atoms with Gasteiger partial charge in [0.1, 0.15) is 0 Å². The molecule has 0 aromatic heterocycles. The van der Waals surface area contributed by atoms with Crippen LogP contribution in [0.5, 0.6) is 0 Å². The molecule has 106 valence electrons. The average molecular weight is 281 g/mol. The average Bonchev–Trinajstić information content (AvgIpc) is 2.45. The topological polar surface area (TPSA) is 38.0 Å². The SMILES string of the molecule is Cc1c(Cl)cccc1C(CCC1CCCCC1)NN. The second-order valence-electron chi connectivity index (χ2n) is 5.75. The first-order valence-electron chi connectivity index (χ1n) is 7.43. The highest BCUT2D eigenvalue weighted by Crippen LogP contribution is 2.32. The maximum Gasteiger partial charge on any atom is 0.0463 e. The fourth-order valence-corrected chi connectivity index (χ4v) is 3.39. The van der Waals surface area contributed by atoms with Gasteiger partial charge in [0.05, 0.1) is 0 Å². The number of nitrogens with one attached hydrogen (secondary N) is 1. The van der Waals surface area contributed by atoms with E-state index in [2.05, 4.69) is 18.4 Å². The van der Waals surface area contributed by atoms with Crippen LogP contribution in [0.3, 0.4) is 0 Å². The monoisotopic (exact) mass is 280 g/mol. The van der Waals surface area contributed by atoms with Gasteiger partial charge in [0.2, 0.25) is 0 Å². The molecule has 3 heteroatoms. The van der Waals surface area contributed by atoms with Gasteiger partial charge in [-0.1, -0.05) is 55.8 Å². The molecule has 1 aliphatic carbocycles. The van der Waals surface area contributed by atoms with E-state index in [0.29, 0.717) is 0 Å². The molecule has 0 heterocycles.